The minimum atomic E-state index is -0.749. The van der Waals surface area contributed by atoms with Crippen molar-refractivity contribution in [2.75, 3.05) is 14.2 Å². The van der Waals surface area contributed by atoms with Crippen molar-refractivity contribution in [1.29, 1.82) is 0 Å². The molecule has 0 amide bonds. The van der Waals surface area contributed by atoms with Gasteiger partial charge in [-0.15, -0.1) is 10.2 Å². The van der Waals surface area contributed by atoms with Gasteiger partial charge in [-0.05, 0) is 49.4 Å². The van der Waals surface area contributed by atoms with Crippen LogP contribution in [0.3, 0.4) is 0 Å². The van der Waals surface area contributed by atoms with Gasteiger partial charge in [0.25, 0.3) is 5.89 Å². The zero-order chi connectivity index (χ0) is 19.4. The van der Waals surface area contributed by atoms with Crippen LogP contribution < -0.4 is 9.47 Å². The molecular formula is C19H17ClN2O5. The van der Waals surface area contributed by atoms with Crippen LogP contribution in [-0.2, 0) is 4.74 Å². The van der Waals surface area contributed by atoms with Crippen LogP contribution in [-0.4, -0.2) is 30.4 Å². The number of nitrogens with zero attached hydrogens (tertiary/aromatic N) is 2. The van der Waals surface area contributed by atoms with Crippen LogP contribution >= 0.6 is 11.6 Å². The minimum Gasteiger partial charge on any atom is -0.497 e. The molecule has 0 saturated carbocycles. The molecule has 1 heterocycles. The van der Waals surface area contributed by atoms with E-state index in [9.17, 15) is 4.79 Å². The summed E-state index contributed by atoms with van der Waals surface area (Å²) >= 11 is 5.95. The molecule has 27 heavy (non-hydrogen) atoms. The van der Waals surface area contributed by atoms with Crippen molar-refractivity contribution < 1.29 is 23.4 Å². The second kappa shape index (κ2) is 8.09. The fraction of sp³-hybridized carbons (Fsp3) is 0.211. The summed E-state index contributed by atoms with van der Waals surface area (Å²) in [6, 6.07) is 11.9. The molecule has 0 radical (unpaired) electrons. The Morgan fingerprint density at radius 2 is 1.81 bits per heavy atom. The van der Waals surface area contributed by atoms with E-state index in [2.05, 4.69) is 10.2 Å². The highest BCUT2D eigenvalue weighted by atomic mass is 35.5. The fourth-order valence-corrected chi connectivity index (χ4v) is 2.54. The van der Waals surface area contributed by atoms with E-state index in [1.54, 1.807) is 50.4 Å². The number of ether oxygens (including phenoxy) is 3. The Morgan fingerprint density at radius 3 is 2.48 bits per heavy atom. The van der Waals surface area contributed by atoms with Gasteiger partial charge < -0.3 is 18.6 Å². The first-order chi connectivity index (χ1) is 13.0. The Kier molecular flexibility index (Phi) is 5.61. The highest BCUT2D eigenvalue weighted by molar-refractivity contribution is 6.31. The number of hydrogen-bond donors (Lipinski definition) is 0. The smallest absolute Gasteiger partial charge is 0.342 e. The molecule has 0 unspecified atom stereocenters. The van der Waals surface area contributed by atoms with Gasteiger partial charge in [0.1, 0.15) is 17.1 Å². The fourth-order valence-electron chi connectivity index (χ4n) is 2.36. The number of aromatic nitrogens is 2. The van der Waals surface area contributed by atoms with Gasteiger partial charge in [-0.3, -0.25) is 0 Å². The molecule has 0 spiro atoms. The average molecular weight is 389 g/mol. The molecule has 0 bridgehead atoms. The molecule has 0 aliphatic heterocycles. The van der Waals surface area contributed by atoms with E-state index < -0.39 is 12.1 Å². The second-order valence-electron chi connectivity index (χ2n) is 5.57. The lowest BCUT2D eigenvalue weighted by atomic mass is 10.2. The van der Waals surface area contributed by atoms with Crippen LogP contribution in [0.4, 0.5) is 0 Å². The normalized spacial score (nSPS) is 11.7. The topological polar surface area (TPSA) is 83.7 Å². The summed E-state index contributed by atoms with van der Waals surface area (Å²) in [5.74, 6) is 0.967. The summed E-state index contributed by atoms with van der Waals surface area (Å²) in [6.07, 6.45) is -0.749. The van der Waals surface area contributed by atoms with Gasteiger partial charge in [-0.25, -0.2) is 4.79 Å². The molecule has 0 fully saturated rings. The lowest BCUT2D eigenvalue weighted by Crippen LogP contribution is -2.11. The molecule has 0 N–H and O–H groups in total. The largest absolute Gasteiger partial charge is 0.497 e. The number of methoxy groups -OCH3 is 2. The molecule has 0 aliphatic carbocycles. The molecule has 140 valence electrons. The van der Waals surface area contributed by atoms with E-state index >= 15 is 0 Å². The van der Waals surface area contributed by atoms with E-state index in [1.807, 2.05) is 0 Å². The summed E-state index contributed by atoms with van der Waals surface area (Å²) in [5.41, 5.74) is 0.941. The van der Waals surface area contributed by atoms with Crippen LogP contribution in [0, 0.1) is 0 Å². The van der Waals surface area contributed by atoms with Gasteiger partial charge >= 0.3 is 5.97 Å². The maximum absolute atomic E-state index is 12.4. The van der Waals surface area contributed by atoms with E-state index in [-0.39, 0.29) is 11.5 Å². The number of carbonyl (C=O) groups excluding carboxylic acids is 1. The van der Waals surface area contributed by atoms with E-state index in [0.717, 1.165) is 11.3 Å². The van der Waals surface area contributed by atoms with Crippen LogP contribution in [0.2, 0.25) is 5.02 Å². The third-order valence-electron chi connectivity index (χ3n) is 3.79. The minimum absolute atomic E-state index is 0.176. The molecule has 7 nitrogen and oxygen atoms in total. The first-order valence-corrected chi connectivity index (χ1v) is 8.42. The molecule has 8 heteroatoms. The number of benzene rings is 2. The van der Waals surface area contributed by atoms with Gasteiger partial charge in [-0.1, -0.05) is 11.6 Å². The maximum atomic E-state index is 12.4. The molecule has 0 aliphatic rings. The van der Waals surface area contributed by atoms with Crippen LogP contribution in [0.15, 0.2) is 46.9 Å². The maximum Gasteiger partial charge on any atom is 0.342 e. The second-order valence-corrected chi connectivity index (χ2v) is 6.00. The first-order valence-electron chi connectivity index (χ1n) is 8.04. The Balaban J connectivity index is 1.75. The van der Waals surface area contributed by atoms with Crippen molar-refractivity contribution >= 4 is 17.6 Å². The monoisotopic (exact) mass is 388 g/mol. The van der Waals surface area contributed by atoms with Gasteiger partial charge in [0.2, 0.25) is 5.89 Å². The molecule has 3 rings (SSSR count). The van der Waals surface area contributed by atoms with Crippen LogP contribution in [0.1, 0.15) is 29.3 Å². The van der Waals surface area contributed by atoms with Crippen LogP contribution in [0.25, 0.3) is 11.5 Å². The molecule has 0 saturated heterocycles. The zero-order valence-electron chi connectivity index (χ0n) is 14.9. The number of carbonyl (C=O) groups is 1. The van der Waals surface area contributed by atoms with Crippen molar-refractivity contribution in [3.8, 4) is 23.0 Å². The highest BCUT2D eigenvalue weighted by Crippen LogP contribution is 2.27. The number of rotatable bonds is 6. The summed E-state index contributed by atoms with van der Waals surface area (Å²) in [5, 5.41) is 8.35. The van der Waals surface area contributed by atoms with Gasteiger partial charge in [0.15, 0.2) is 6.10 Å². The van der Waals surface area contributed by atoms with E-state index in [4.69, 9.17) is 30.2 Å². The predicted octanol–water partition coefficient (Wildman–Crippen LogP) is 4.33. The highest BCUT2D eigenvalue weighted by Gasteiger charge is 2.22. The van der Waals surface area contributed by atoms with Crippen LogP contribution in [0.5, 0.6) is 11.5 Å². The van der Waals surface area contributed by atoms with Crippen molar-refractivity contribution in [2.45, 2.75) is 13.0 Å². The Hall–Kier alpha value is -3.06. The van der Waals surface area contributed by atoms with E-state index in [1.165, 1.54) is 13.2 Å². The summed E-state index contributed by atoms with van der Waals surface area (Å²) < 4.78 is 21.3. The zero-order valence-corrected chi connectivity index (χ0v) is 15.7. The molecule has 1 aromatic heterocycles. The van der Waals surface area contributed by atoms with Crippen molar-refractivity contribution in [3.63, 3.8) is 0 Å². The average Bonchev–Trinajstić information content (AvgIpc) is 3.18. The molecule has 3 aromatic rings. The third kappa shape index (κ3) is 4.20. The molecule has 2 aromatic carbocycles. The van der Waals surface area contributed by atoms with Gasteiger partial charge in [0, 0.05) is 10.6 Å². The van der Waals surface area contributed by atoms with Gasteiger partial charge in [-0.2, -0.15) is 0 Å². The van der Waals surface area contributed by atoms with Gasteiger partial charge in [0.05, 0.1) is 14.2 Å². The lowest BCUT2D eigenvalue weighted by molar-refractivity contribution is 0.0276. The summed E-state index contributed by atoms with van der Waals surface area (Å²) in [7, 11) is 3.05. The first kappa shape index (κ1) is 18.7. The van der Waals surface area contributed by atoms with E-state index in [0.29, 0.717) is 16.7 Å². The SMILES string of the molecule is COc1ccc(-c2nnc([C@@H](C)OC(=O)c3cc(Cl)ccc3OC)o2)cc1. The predicted molar refractivity (Wildman–Crippen MR) is 98.1 cm³/mol. The Bertz CT molecular complexity index is 940. The summed E-state index contributed by atoms with van der Waals surface area (Å²) in [6.45, 7) is 1.64. The standard InChI is InChI=1S/C19H17ClN2O5/c1-11(26-19(23)15-10-13(20)6-9-16(15)25-3)17-21-22-18(27-17)12-4-7-14(24-2)8-5-12/h4-11H,1-3H3/t11-/m1/s1. The van der Waals surface area contributed by atoms with Crippen molar-refractivity contribution in [1.82, 2.24) is 10.2 Å². The Labute approximate surface area is 160 Å². The lowest BCUT2D eigenvalue weighted by Gasteiger charge is -2.12. The molecule has 1 atom stereocenters. The third-order valence-corrected chi connectivity index (χ3v) is 4.03. The summed E-state index contributed by atoms with van der Waals surface area (Å²) in [4.78, 5) is 12.4. The number of hydrogen-bond acceptors (Lipinski definition) is 7. The van der Waals surface area contributed by atoms with Crippen molar-refractivity contribution in [2.24, 2.45) is 0 Å². The number of esters is 1. The molecular weight excluding hydrogens is 372 g/mol. The van der Waals surface area contributed by atoms with Crippen molar-refractivity contribution in [3.05, 3.63) is 58.9 Å². The number of halogens is 1. The quantitative estimate of drug-likeness (QED) is 0.581. The Morgan fingerprint density at radius 1 is 1.07 bits per heavy atom.